The SMILES string of the molecule is NC(CCc1ccccc1)C(=O)NCCn1ccnn1. The molecule has 0 aliphatic carbocycles. The Morgan fingerprint density at radius 3 is 2.85 bits per heavy atom. The molecule has 3 N–H and O–H groups in total. The van der Waals surface area contributed by atoms with Gasteiger partial charge in [0.25, 0.3) is 0 Å². The van der Waals surface area contributed by atoms with Gasteiger partial charge in [0.15, 0.2) is 0 Å². The van der Waals surface area contributed by atoms with Crippen LogP contribution in [0.4, 0.5) is 0 Å². The molecule has 0 aliphatic heterocycles. The molecule has 2 rings (SSSR count). The summed E-state index contributed by atoms with van der Waals surface area (Å²) in [6.07, 6.45) is 4.80. The monoisotopic (exact) mass is 273 g/mol. The van der Waals surface area contributed by atoms with Crippen LogP contribution in [-0.2, 0) is 17.8 Å². The molecule has 2 aromatic rings. The Bertz CT molecular complexity index is 512. The molecule has 0 radical (unpaired) electrons. The standard InChI is InChI=1S/C14H19N5O/c15-13(7-6-12-4-2-1-3-5-12)14(20)16-8-10-19-11-9-17-18-19/h1-5,9,11,13H,6-8,10,15H2,(H,16,20). The molecule has 1 aromatic carbocycles. The van der Waals surface area contributed by atoms with Crippen LogP contribution >= 0.6 is 0 Å². The summed E-state index contributed by atoms with van der Waals surface area (Å²) in [4.78, 5) is 11.8. The molecule has 0 saturated carbocycles. The van der Waals surface area contributed by atoms with Crippen molar-refractivity contribution in [1.29, 1.82) is 0 Å². The first kappa shape index (κ1) is 14.2. The lowest BCUT2D eigenvalue weighted by atomic mass is 10.1. The van der Waals surface area contributed by atoms with Gasteiger partial charge in [-0.2, -0.15) is 0 Å². The fourth-order valence-electron chi connectivity index (χ4n) is 1.87. The van der Waals surface area contributed by atoms with Gasteiger partial charge in [0.1, 0.15) is 0 Å². The van der Waals surface area contributed by atoms with Gasteiger partial charge in [0.2, 0.25) is 5.91 Å². The summed E-state index contributed by atoms with van der Waals surface area (Å²) in [5.41, 5.74) is 7.07. The maximum atomic E-state index is 11.8. The first-order valence-electron chi connectivity index (χ1n) is 6.67. The number of hydrogen-bond donors (Lipinski definition) is 2. The average Bonchev–Trinajstić information content (AvgIpc) is 2.99. The molecular weight excluding hydrogens is 254 g/mol. The number of carbonyl (C=O) groups is 1. The molecule has 1 heterocycles. The minimum atomic E-state index is -0.481. The quantitative estimate of drug-likeness (QED) is 0.762. The Labute approximate surface area is 118 Å². The third-order valence-corrected chi connectivity index (χ3v) is 3.04. The molecular formula is C14H19N5O. The largest absolute Gasteiger partial charge is 0.353 e. The zero-order chi connectivity index (χ0) is 14.2. The molecule has 20 heavy (non-hydrogen) atoms. The van der Waals surface area contributed by atoms with Crippen LogP contribution in [-0.4, -0.2) is 33.5 Å². The smallest absolute Gasteiger partial charge is 0.236 e. The number of nitrogens with one attached hydrogen (secondary N) is 1. The Hall–Kier alpha value is -2.21. The zero-order valence-corrected chi connectivity index (χ0v) is 11.3. The van der Waals surface area contributed by atoms with Crippen molar-refractivity contribution in [3.63, 3.8) is 0 Å². The van der Waals surface area contributed by atoms with Gasteiger partial charge in [-0.25, -0.2) is 0 Å². The second kappa shape index (κ2) is 7.40. The van der Waals surface area contributed by atoms with Crippen LogP contribution in [0.15, 0.2) is 42.7 Å². The van der Waals surface area contributed by atoms with Gasteiger partial charge in [0, 0.05) is 12.7 Å². The molecule has 0 saturated heterocycles. The van der Waals surface area contributed by atoms with Crippen LogP contribution in [0.5, 0.6) is 0 Å². The van der Waals surface area contributed by atoms with Gasteiger partial charge in [-0.1, -0.05) is 35.5 Å². The summed E-state index contributed by atoms with van der Waals surface area (Å²) in [5, 5.41) is 10.3. The van der Waals surface area contributed by atoms with E-state index in [9.17, 15) is 4.79 Å². The molecule has 6 heteroatoms. The predicted molar refractivity (Wildman–Crippen MR) is 75.8 cm³/mol. The molecule has 1 atom stereocenters. The normalized spacial score (nSPS) is 12.1. The first-order valence-corrected chi connectivity index (χ1v) is 6.67. The lowest BCUT2D eigenvalue weighted by Gasteiger charge is -2.12. The van der Waals surface area contributed by atoms with E-state index >= 15 is 0 Å². The van der Waals surface area contributed by atoms with Crippen molar-refractivity contribution in [2.75, 3.05) is 6.54 Å². The number of nitrogens with zero attached hydrogens (tertiary/aromatic N) is 3. The number of benzene rings is 1. The lowest BCUT2D eigenvalue weighted by Crippen LogP contribution is -2.42. The Morgan fingerprint density at radius 1 is 1.35 bits per heavy atom. The van der Waals surface area contributed by atoms with Crippen molar-refractivity contribution in [3.8, 4) is 0 Å². The Kier molecular flexibility index (Phi) is 5.25. The molecule has 1 amide bonds. The zero-order valence-electron chi connectivity index (χ0n) is 11.3. The summed E-state index contributed by atoms with van der Waals surface area (Å²) in [6, 6.07) is 9.54. The maximum absolute atomic E-state index is 11.8. The summed E-state index contributed by atoms with van der Waals surface area (Å²) in [6.45, 7) is 1.10. The third kappa shape index (κ3) is 4.47. The van der Waals surface area contributed by atoms with E-state index in [2.05, 4.69) is 15.6 Å². The summed E-state index contributed by atoms with van der Waals surface area (Å²) >= 11 is 0. The van der Waals surface area contributed by atoms with Crippen molar-refractivity contribution in [2.24, 2.45) is 5.73 Å². The Balaban J connectivity index is 1.66. The lowest BCUT2D eigenvalue weighted by molar-refractivity contribution is -0.122. The summed E-state index contributed by atoms with van der Waals surface area (Å²) < 4.78 is 1.66. The van der Waals surface area contributed by atoms with Gasteiger partial charge in [0.05, 0.1) is 18.8 Å². The fraction of sp³-hybridized carbons (Fsp3) is 0.357. The van der Waals surface area contributed by atoms with Crippen LogP contribution in [0, 0.1) is 0 Å². The van der Waals surface area contributed by atoms with Gasteiger partial charge in [-0.3, -0.25) is 9.48 Å². The highest BCUT2D eigenvalue weighted by molar-refractivity contribution is 5.81. The molecule has 106 valence electrons. The van der Waals surface area contributed by atoms with Gasteiger partial charge in [-0.05, 0) is 18.4 Å². The second-order valence-electron chi connectivity index (χ2n) is 4.59. The summed E-state index contributed by atoms with van der Waals surface area (Å²) in [7, 11) is 0. The topological polar surface area (TPSA) is 85.8 Å². The highest BCUT2D eigenvalue weighted by Gasteiger charge is 2.12. The predicted octanol–water partition coefficient (Wildman–Crippen LogP) is 0.354. The molecule has 1 aromatic heterocycles. The number of amides is 1. The van der Waals surface area contributed by atoms with Crippen molar-refractivity contribution in [2.45, 2.75) is 25.4 Å². The number of hydrogen-bond acceptors (Lipinski definition) is 4. The molecule has 6 nitrogen and oxygen atoms in total. The molecule has 0 bridgehead atoms. The minimum absolute atomic E-state index is 0.124. The number of rotatable bonds is 7. The fourth-order valence-corrected chi connectivity index (χ4v) is 1.87. The molecule has 0 fully saturated rings. The Morgan fingerprint density at radius 2 is 2.15 bits per heavy atom. The van der Waals surface area contributed by atoms with E-state index in [-0.39, 0.29) is 5.91 Å². The summed E-state index contributed by atoms with van der Waals surface area (Å²) in [5.74, 6) is -0.124. The van der Waals surface area contributed by atoms with Crippen LogP contribution in [0.25, 0.3) is 0 Å². The van der Waals surface area contributed by atoms with E-state index in [1.54, 1.807) is 17.1 Å². The highest BCUT2D eigenvalue weighted by atomic mass is 16.2. The van der Waals surface area contributed by atoms with Crippen molar-refractivity contribution in [3.05, 3.63) is 48.3 Å². The molecule has 0 spiro atoms. The van der Waals surface area contributed by atoms with E-state index in [4.69, 9.17) is 5.73 Å². The highest BCUT2D eigenvalue weighted by Crippen LogP contribution is 2.03. The molecule has 0 aliphatic rings. The van der Waals surface area contributed by atoms with Gasteiger partial charge >= 0.3 is 0 Å². The second-order valence-corrected chi connectivity index (χ2v) is 4.59. The van der Waals surface area contributed by atoms with Crippen LogP contribution < -0.4 is 11.1 Å². The minimum Gasteiger partial charge on any atom is -0.353 e. The number of nitrogens with two attached hydrogens (primary N) is 1. The average molecular weight is 273 g/mol. The van der Waals surface area contributed by atoms with E-state index in [1.165, 1.54) is 5.56 Å². The van der Waals surface area contributed by atoms with E-state index in [1.807, 2.05) is 30.3 Å². The van der Waals surface area contributed by atoms with Gasteiger partial charge in [-0.15, -0.1) is 5.10 Å². The third-order valence-electron chi connectivity index (χ3n) is 3.04. The van der Waals surface area contributed by atoms with Crippen molar-refractivity contribution in [1.82, 2.24) is 20.3 Å². The number of carbonyl (C=O) groups excluding carboxylic acids is 1. The number of aromatic nitrogens is 3. The van der Waals surface area contributed by atoms with Gasteiger partial charge < -0.3 is 11.1 Å². The first-order chi connectivity index (χ1) is 9.75. The van der Waals surface area contributed by atoms with Crippen LogP contribution in [0.1, 0.15) is 12.0 Å². The van der Waals surface area contributed by atoms with Crippen molar-refractivity contribution < 1.29 is 4.79 Å². The van der Waals surface area contributed by atoms with E-state index in [0.29, 0.717) is 19.5 Å². The van der Waals surface area contributed by atoms with Crippen LogP contribution in [0.2, 0.25) is 0 Å². The molecule has 1 unspecified atom stereocenters. The van der Waals surface area contributed by atoms with E-state index in [0.717, 1.165) is 6.42 Å². The van der Waals surface area contributed by atoms with Crippen LogP contribution in [0.3, 0.4) is 0 Å². The van der Waals surface area contributed by atoms with E-state index < -0.39 is 6.04 Å². The maximum Gasteiger partial charge on any atom is 0.236 e. The van der Waals surface area contributed by atoms with Crippen molar-refractivity contribution >= 4 is 5.91 Å². The number of aryl methyl sites for hydroxylation is 1.